The number of nitrogens with zero attached hydrogens (tertiary/aromatic N) is 4. The van der Waals surface area contributed by atoms with Crippen molar-refractivity contribution in [1.29, 1.82) is 0 Å². The number of amides is 2. The van der Waals surface area contributed by atoms with Gasteiger partial charge >= 0.3 is 16.9 Å². The first-order valence-electron chi connectivity index (χ1n) is 10.9. The first-order valence-corrected chi connectivity index (χ1v) is 13.2. The van der Waals surface area contributed by atoms with Gasteiger partial charge in [0, 0.05) is 27.2 Å². The lowest BCUT2D eigenvalue weighted by Crippen LogP contribution is -2.46. The van der Waals surface area contributed by atoms with Crippen LogP contribution in [0.15, 0.2) is 72.8 Å². The number of anilines is 2. The highest BCUT2D eigenvalue weighted by molar-refractivity contribution is 7.54. The molecule has 2 atom stereocenters. The molecule has 0 spiro atoms. The summed E-state index contributed by atoms with van der Waals surface area (Å²) in [4.78, 5) is 27.1. The van der Waals surface area contributed by atoms with E-state index in [4.69, 9.17) is 9.05 Å². The molecule has 8 nitrogen and oxygen atoms in total. The average molecular weight is 492 g/mol. The largest absolute Gasteiger partial charge is 0.432 e. The van der Waals surface area contributed by atoms with E-state index in [1.165, 1.54) is 0 Å². The van der Waals surface area contributed by atoms with E-state index in [2.05, 4.69) is 0 Å². The molecule has 3 aliphatic heterocycles. The number of carbonyl (C=O) groups is 2. The summed E-state index contributed by atoms with van der Waals surface area (Å²) >= 11 is 0. The van der Waals surface area contributed by atoms with Gasteiger partial charge in [0.25, 0.3) is 11.8 Å². The van der Waals surface area contributed by atoms with Crippen LogP contribution in [0.25, 0.3) is 0 Å². The van der Waals surface area contributed by atoms with Gasteiger partial charge in [-0.2, -0.15) is 0 Å². The minimum absolute atomic E-state index is 0.0960. The van der Waals surface area contributed by atoms with Gasteiger partial charge in [-0.15, -0.1) is 0 Å². The zero-order valence-corrected chi connectivity index (χ0v) is 20.4. The first-order chi connectivity index (χ1) is 16.5. The maximum Gasteiger partial charge on any atom is 0.312 e. The molecule has 34 heavy (non-hydrogen) atoms. The van der Waals surface area contributed by atoms with Crippen LogP contribution in [0.5, 0.6) is 11.5 Å². The summed E-state index contributed by atoms with van der Waals surface area (Å²) in [5.41, 5.74) is 2.91. The van der Waals surface area contributed by atoms with Crippen LogP contribution in [-0.4, -0.2) is 48.3 Å². The summed E-state index contributed by atoms with van der Waals surface area (Å²) in [6.45, 7) is 0.657. The van der Waals surface area contributed by atoms with Gasteiger partial charge in [-0.05, 0) is 36.4 Å². The lowest BCUT2D eigenvalue weighted by Gasteiger charge is -2.45. The van der Waals surface area contributed by atoms with Crippen LogP contribution in [0.1, 0.15) is 20.7 Å². The molecule has 6 rings (SSSR count). The zero-order valence-electron chi connectivity index (χ0n) is 18.7. The predicted octanol–water partition coefficient (Wildman–Crippen LogP) is 5.10. The lowest BCUT2D eigenvalue weighted by atomic mass is 10.1. The van der Waals surface area contributed by atoms with Gasteiger partial charge in [0.2, 0.25) is 0 Å². The van der Waals surface area contributed by atoms with E-state index in [1.54, 1.807) is 9.34 Å². The molecular weight excluding hydrogens is 470 g/mol. The molecule has 3 heterocycles. The van der Waals surface area contributed by atoms with E-state index in [1.807, 2.05) is 96.2 Å². The van der Waals surface area contributed by atoms with Crippen molar-refractivity contribution in [3.05, 3.63) is 83.9 Å². The summed E-state index contributed by atoms with van der Waals surface area (Å²) in [7, 11) is 0.861. The maximum atomic E-state index is 13.6. The average Bonchev–Trinajstić information content (AvgIpc) is 2.87. The number of hydrogen-bond donors (Lipinski definition) is 0. The Morgan fingerprint density at radius 3 is 1.44 bits per heavy atom. The van der Waals surface area contributed by atoms with Crippen molar-refractivity contribution in [3.8, 4) is 11.5 Å². The minimum Gasteiger partial charge on any atom is -0.432 e. The molecule has 0 bridgehead atoms. The monoisotopic (exact) mass is 492 g/mol. The standard InChI is InChI=1S/C24H22N4O4P2/c1-25-19-11-5-3-9-17(19)23(29)27-15-16-28-24(30)18-10-4-6-12-20(18)26(2)34(28)32-22-14-8-7-13-21(22)31-33(25)27/h3-14H,15-16H2,1-2H3. The molecule has 0 N–H and O–H groups in total. The van der Waals surface area contributed by atoms with Gasteiger partial charge in [-0.25, -0.2) is 0 Å². The molecule has 0 saturated carbocycles. The second-order valence-electron chi connectivity index (χ2n) is 8.07. The van der Waals surface area contributed by atoms with E-state index in [9.17, 15) is 9.59 Å². The fourth-order valence-electron chi connectivity index (χ4n) is 4.38. The molecule has 3 aromatic rings. The Balaban J connectivity index is 1.47. The molecule has 0 aromatic heterocycles. The van der Waals surface area contributed by atoms with Crippen molar-refractivity contribution in [2.75, 3.05) is 36.5 Å². The van der Waals surface area contributed by atoms with Crippen LogP contribution in [-0.2, 0) is 0 Å². The van der Waals surface area contributed by atoms with Crippen molar-refractivity contribution >= 4 is 40.1 Å². The Morgan fingerprint density at radius 2 is 1.00 bits per heavy atom. The summed E-state index contributed by atoms with van der Waals surface area (Å²) in [5, 5.41) is 0. The number of benzene rings is 3. The fraction of sp³-hybridized carbons (Fsp3) is 0.167. The molecule has 3 aromatic carbocycles. The first kappa shape index (κ1) is 21.2. The normalized spacial score (nSPS) is 21.4. The number of hydrogen-bond acceptors (Lipinski definition) is 6. The molecule has 10 heteroatoms. The van der Waals surface area contributed by atoms with E-state index in [-0.39, 0.29) is 11.8 Å². The van der Waals surface area contributed by atoms with Crippen LogP contribution < -0.4 is 18.4 Å². The predicted molar refractivity (Wildman–Crippen MR) is 133 cm³/mol. The molecule has 0 radical (unpaired) electrons. The van der Waals surface area contributed by atoms with Gasteiger partial charge in [0.05, 0.1) is 22.5 Å². The minimum atomic E-state index is -1.50. The van der Waals surface area contributed by atoms with E-state index in [0.717, 1.165) is 11.4 Å². The van der Waals surface area contributed by atoms with E-state index < -0.39 is 16.9 Å². The summed E-state index contributed by atoms with van der Waals surface area (Å²) in [6.07, 6.45) is 0. The van der Waals surface area contributed by atoms with Crippen LogP contribution in [0, 0.1) is 0 Å². The van der Waals surface area contributed by atoms with Crippen molar-refractivity contribution in [2.45, 2.75) is 0 Å². The Morgan fingerprint density at radius 1 is 0.618 bits per heavy atom. The highest BCUT2D eigenvalue weighted by Crippen LogP contribution is 2.58. The molecule has 0 aliphatic carbocycles. The Kier molecular flexibility index (Phi) is 5.09. The third kappa shape index (κ3) is 3.21. The van der Waals surface area contributed by atoms with Gasteiger partial charge in [-0.1, -0.05) is 36.4 Å². The van der Waals surface area contributed by atoms with Crippen LogP contribution in [0.4, 0.5) is 11.4 Å². The molecule has 3 aliphatic rings. The van der Waals surface area contributed by atoms with Crippen LogP contribution in [0.3, 0.4) is 0 Å². The topological polar surface area (TPSA) is 65.6 Å². The van der Waals surface area contributed by atoms with Crippen molar-refractivity contribution in [1.82, 2.24) is 9.34 Å². The smallest absolute Gasteiger partial charge is 0.312 e. The van der Waals surface area contributed by atoms with Crippen LogP contribution in [0.2, 0.25) is 0 Å². The number of carbonyl (C=O) groups excluding carboxylic acids is 2. The number of para-hydroxylation sites is 4. The highest BCUT2D eigenvalue weighted by Gasteiger charge is 2.44. The third-order valence-electron chi connectivity index (χ3n) is 6.09. The lowest BCUT2D eigenvalue weighted by molar-refractivity contribution is 0.0798. The summed E-state index contributed by atoms with van der Waals surface area (Å²) in [6, 6.07) is 22.5. The number of fused-ring (bicyclic) bond motifs is 5. The van der Waals surface area contributed by atoms with Crippen LogP contribution >= 0.6 is 16.9 Å². The molecule has 2 unspecified atom stereocenters. The van der Waals surface area contributed by atoms with Crippen molar-refractivity contribution < 1.29 is 18.6 Å². The Labute approximate surface area is 200 Å². The second-order valence-corrected chi connectivity index (χ2v) is 11.6. The van der Waals surface area contributed by atoms with E-state index >= 15 is 0 Å². The maximum absolute atomic E-state index is 13.6. The molecule has 0 saturated heterocycles. The van der Waals surface area contributed by atoms with Gasteiger partial charge in [0.1, 0.15) is 0 Å². The molecule has 2 amide bonds. The zero-order chi connectivity index (χ0) is 23.4. The third-order valence-corrected chi connectivity index (χ3v) is 9.86. The Hall–Kier alpha value is -3.34. The van der Waals surface area contributed by atoms with Crippen molar-refractivity contribution in [3.63, 3.8) is 0 Å². The summed E-state index contributed by atoms with van der Waals surface area (Å²) < 4.78 is 20.5. The van der Waals surface area contributed by atoms with Gasteiger partial charge in [-0.3, -0.25) is 18.9 Å². The van der Waals surface area contributed by atoms with Gasteiger partial charge < -0.3 is 18.4 Å². The highest BCUT2D eigenvalue weighted by atomic mass is 31.2. The molecule has 0 fully saturated rings. The number of rotatable bonds is 0. The fourth-order valence-corrected chi connectivity index (χ4v) is 7.88. The van der Waals surface area contributed by atoms with Crippen molar-refractivity contribution in [2.24, 2.45) is 0 Å². The summed E-state index contributed by atoms with van der Waals surface area (Å²) in [5.74, 6) is 0.894. The van der Waals surface area contributed by atoms with Gasteiger partial charge in [0.15, 0.2) is 11.5 Å². The quantitative estimate of drug-likeness (QED) is 0.407. The SMILES string of the molecule is CN1c2ccccc2C(=O)N2CCN3C(=O)c4ccccc4N(C)P3Oc3ccccc3OP21. The molecule has 172 valence electrons. The Bertz CT molecular complexity index is 1210. The second kappa shape index (κ2) is 8.15. The van der Waals surface area contributed by atoms with E-state index in [0.29, 0.717) is 35.7 Å². The molecular formula is C24H22N4O4P2.